The minimum Gasteiger partial charge on any atom is -0.504 e. The smallest absolute Gasteiger partial charge is 0.0831 e. The van der Waals surface area contributed by atoms with E-state index in [2.05, 4.69) is 0 Å². The van der Waals surface area contributed by atoms with Gasteiger partial charge < -0.3 is 4.74 Å². The molecule has 0 saturated carbocycles. The van der Waals surface area contributed by atoms with Gasteiger partial charge in [0.1, 0.15) is 0 Å². The van der Waals surface area contributed by atoms with Crippen LogP contribution in [0.25, 0.3) is 6.08 Å². The molecular formula is C9H8Cl2O. The summed E-state index contributed by atoms with van der Waals surface area (Å²) in [6.07, 6.45) is 3.31. The van der Waals surface area contributed by atoms with Crippen molar-refractivity contribution in [2.24, 2.45) is 0 Å². The van der Waals surface area contributed by atoms with Gasteiger partial charge in [0, 0.05) is 10.0 Å². The summed E-state index contributed by atoms with van der Waals surface area (Å²) in [5.41, 5.74) is 0.853. The first-order valence-corrected chi connectivity index (χ1v) is 4.14. The molecule has 0 aliphatic heterocycles. The standard InChI is InChI=1S/C9H8Cl2O/c1-12-5-4-7-6-8(10)2-3-9(7)11/h2-6H,1H3. The van der Waals surface area contributed by atoms with E-state index in [-0.39, 0.29) is 0 Å². The zero-order valence-electron chi connectivity index (χ0n) is 6.55. The first-order valence-electron chi connectivity index (χ1n) is 3.38. The third kappa shape index (κ3) is 2.43. The lowest BCUT2D eigenvalue weighted by Crippen LogP contribution is -1.75. The number of halogens is 2. The molecule has 0 N–H and O–H groups in total. The summed E-state index contributed by atoms with van der Waals surface area (Å²) in [4.78, 5) is 0. The summed E-state index contributed by atoms with van der Waals surface area (Å²) in [5.74, 6) is 0. The fourth-order valence-corrected chi connectivity index (χ4v) is 1.14. The van der Waals surface area contributed by atoms with Crippen LogP contribution in [0.4, 0.5) is 0 Å². The molecule has 0 aromatic heterocycles. The van der Waals surface area contributed by atoms with E-state index in [1.165, 1.54) is 0 Å². The van der Waals surface area contributed by atoms with Crippen molar-refractivity contribution in [3.63, 3.8) is 0 Å². The van der Waals surface area contributed by atoms with Crippen molar-refractivity contribution >= 4 is 29.3 Å². The number of hydrogen-bond donors (Lipinski definition) is 0. The van der Waals surface area contributed by atoms with Gasteiger partial charge in [0.2, 0.25) is 0 Å². The van der Waals surface area contributed by atoms with Crippen molar-refractivity contribution in [2.75, 3.05) is 7.11 Å². The quantitative estimate of drug-likeness (QED) is 0.667. The second-order valence-corrected chi connectivity index (χ2v) is 3.05. The first kappa shape index (κ1) is 9.43. The molecule has 0 atom stereocenters. The van der Waals surface area contributed by atoms with Crippen LogP contribution in [0.5, 0.6) is 0 Å². The summed E-state index contributed by atoms with van der Waals surface area (Å²) in [5, 5.41) is 1.32. The molecule has 1 rings (SSSR count). The average molecular weight is 203 g/mol. The fourth-order valence-electron chi connectivity index (χ4n) is 0.784. The van der Waals surface area contributed by atoms with Crippen LogP contribution >= 0.6 is 23.2 Å². The Balaban J connectivity index is 2.97. The summed E-state index contributed by atoms with van der Waals surface area (Å²) >= 11 is 11.6. The Morgan fingerprint density at radius 3 is 2.75 bits per heavy atom. The molecule has 0 fully saturated rings. The maximum absolute atomic E-state index is 5.87. The SMILES string of the molecule is COC=Cc1cc(Cl)ccc1Cl. The lowest BCUT2D eigenvalue weighted by molar-refractivity contribution is 0.341. The zero-order valence-corrected chi connectivity index (χ0v) is 8.06. The molecule has 0 aliphatic rings. The van der Waals surface area contributed by atoms with E-state index in [0.717, 1.165) is 5.56 Å². The molecule has 0 radical (unpaired) electrons. The van der Waals surface area contributed by atoms with Gasteiger partial charge in [0.25, 0.3) is 0 Å². The maximum atomic E-state index is 5.87. The Morgan fingerprint density at radius 1 is 1.33 bits per heavy atom. The van der Waals surface area contributed by atoms with Gasteiger partial charge in [-0.3, -0.25) is 0 Å². The Kier molecular flexibility index (Phi) is 3.45. The largest absolute Gasteiger partial charge is 0.504 e. The molecule has 0 spiro atoms. The van der Waals surface area contributed by atoms with Crippen LogP contribution in [0.3, 0.4) is 0 Å². The predicted molar refractivity (Wildman–Crippen MR) is 52.5 cm³/mol. The minimum atomic E-state index is 0.660. The number of rotatable bonds is 2. The lowest BCUT2D eigenvalue weighted by Gasteiger charge is -1.97. The molecule has 12 heavy (non-hydrogen) atoms. The monoisotopic (exact) mass is 202 g/mol. The second kappa shape index (κ2) is 4.39. The molecule has 0 heterocycles. The Bertz CT molecular complexity index is 295. The molecule has 1 nitrogen and oxygen atoms in total. The van der Waals surface area contributed by atoms with Crippen molar-refractivity contribution < 1.29 is 4.74 Å². The van der Waals surface area contributed by atoms with E-state index in [0.29, 0.717) is 10.0 Å². The number of ether oxygens (including phenoxy) is 1. The fraction of sp³-hybridized carbons (Fsp3) is 0.111. The number of hydrogen-bond acceptors (Lipinski definition) is 1. The van der Waals surface area contributed by atoms with Gasteiger partial charge >= 0.3 is 0 Å². The average Bonchev–Trinajstić information content (AvgIpc) is 2.07. The van der Waals surface area contributed by atoms with Crippen LogP contribution in [0, 0.1) is 0 Å². The zero-order chi connectivity index (χ0) is 8.97. The molecular weight excluding hydrogens is 195 g/mol. The van der Waals surface area contributed by atoms with E-state index in [4.69, 9.17) is 27.9 Å². The highest BCUT2D eigenvalue weighted by molar-refractivity contribution is 6.34. The van der Waals surface area contributed by atoms with E-state index >= 15 is 0 Å². The van der Waals surface area contributed by atoms with E-state index in [9.17, 15) is 0 Å². The van der Waals surface area contributed by atoms with Crippen molar-refractivity contribution in [3.8, 4) is 0 Å². The molecule has 0 saturated heterocycles. The molecule has 3 heteroatoms. The topological polar surface area (TPSA) is 9.23 Å². The van der Waals surface area contributed by atoms with E-state index in [1.54, 1.807) is 37.6 Å². The second-order valence-electron chi connectivity index (χ2n) is 2.20. The van der Waals surface area contributed by atoms with Gasteiger partial charge in [-0.2, -0.15) is 0 Å². The highest BCUT2D eigenvalue weighted by Crippen LogP contribution is 2.21. The van der Waals surface area contributed by atoms with Gasteiger partial charge in [0.15, 0.2) is 0 Å². The molecule has 0 unspecified atom stereocenters. The first-order chi connectivity index (χ1) is 5.74. The third-order valence-electron chi connectivity index (χ3n) is 1.34. The third-order valence-corrected chi connectivity index (χ3v) is 1.92. The van der Waals surface area contributed by atoms with Gasteiger partial charge in [-0.05, 0) is 29.8 Å². The van der Waals surface area contributed by atoms with E-state index < -0.39 is 0 Å². The van der Waals surface area contributed by atoms with Crippen LogP contribution in [0.2, 0.25) is 10.0 Å². The van der Waals surface area contributed by atoms with Crippen LogP contribution in [-0.4, -0.2) is 7.11 Å². The summed E-state index contributed by atoms with van der Waals surface area (Å²) in [6, 6.07) is 5.27. The van der Waals surface area contributed by atoms with Crippen LogP contribution in [0.1, 0.15) is 5.56 Å². The van der Waals surface area contributed by atoms with Crippen LogP contribution in [0.15, 0.2) is 24.5 Å². The van der Waals surface area contributed by atoms with Gasteiger partial charge in [-0.25, -0.2) is 0 Å². The van der Waals surface area contributed by atoms with Crippen molar-refractivity contribution in [1.29, 1.82) is 0 Å². The highest BCUT2D eigenvalue weighted by atomic mass is 35.5. The number of benzene rings is 1. The van der Waals surface area contributed by atoms with Crippen LogP contribution in [-0.2, 0) is 4.74 Å². The van der Waals surface area contributed by atoms with Crippen molar-refractivity contribution in [2.45, 2.75) is 0 Å². The Hall–Kier alpha value is -0.660. The summed E-state index contributed by atoms with van der Waals surface area (Å²) < 4.78 is 4.76. The molecule has 0 amide bonds. The normalized spacial score (nSPS) is 10.6. The predicted octanol–water partition coefficient (Wildman–Crippen LogP) is 3.61. The van der Waals surface area contributed by atoms with Gasteiger partial charge in [0.05, 0.1) is 13.4 Å². The Morgan fingerprint density at radius 2 is 2.08 bits per heavy atom. The molecule has 64 valence electrons. The van der Waals surface area contributed by atoms with Crippen molar-refractivity contribution in [3.05, 3.63) is 40.1 Å². The van der Waals surface area contributed by atoms with Crippen LogP contribution < -0.4 is 0 Å². The summed E-state index contributed by atoms with van der Waals surface area (Å²) in [6.45, 7) is 0. The Labute approximate surface area is 81.6 Å². The van der Waals surface area contributed by atoms with Gasteiger partial charge in [-0.1, -0.05) is 23.2 Å². The van der Waals surface area contributed by atoms with E-state index in [1.807, 2.05) is 0 Å². The van der Waals surface area contributed by atoms with Gasteiger partial charge in [-0.15, -0.1) is 0 Å². The number of methoxy groups -OCH3 is 1. The molecule has 0 bridgehead atoms. The lowest BCUT2D eigenvalue weighted by atomic mass is 10.2. The van der Waals surface area contributed by atoms with Crippen molar-refractivity contribution in [1.82, 2.24) is 0 Å². The molecule has 1 aromatic rings. The minimum absolute atomic E-state index is 0.660. The highest BCUT2D eigenvalue weighted by Gasteiger charge is 1.96. The molecule has 1 aromatic carbocycles. The summed E-state index contributed by atoms with van der Waals surface area (Å²) in [7, 11) is 1.58. The molecule has 0 aliphatic carbocycles. The maximum Gasteiger partial charge on any atom is 0.0831 e.